The number of carbonyl (C=O) groups excluding carboxylic acids is 2. The number of benzene rings is 3. The number of hydrogen-bond acceptors (Lipinski definition) is 5. The number of rotatable bonds is 14. The molecule has 1 aliphatic carbocycles. The first kappa shape index (κ1) is 30.0. The molecule has 0 heterocycles. The second-order valence-corrected chi connectivity index (χ2v) is 10.9. The fourth-order valence-electron chi connectivity index (χ4n) is 5.36. The summed E-state index contributed by atoms with van der Waals surface area (Å²) in [6.07, 6.45) is 13.1. The van der Waals surface area contributed by atoms with Crippen molar-refractivity contribution in [2.24, 2.45) is 5.92 Å². The van der Waals surface area contributed by atoms with Gasteiger partial charge in [0.15, 0.2) is 0 Å². The van der Waals surface area contributed by atoms with Gasteiger partial charge in [0.2, 0.25) is 0 Å². The minimum Gasteiger partial charge on any atom is -0.478 e. The van der Waals surface area contributed by atoms with Gasteiger partial charge in [-0.05, 0) is 85.2 Å². The van der Waals surface area contributed by atoms with E-state index >= 15 is 0 Å². The highest BCUT2D eigenvalue weighted by atomic mass is 16.5. The van der Waals surface area contributed by atoms with Crippen molar-refractivity contribution in [3.05, 3.63) is 94.5 Å². The zero-order valence-electron chi connectivity index (χ0n) is 23.9. The van der Waals surface area contributed by atoms with Crippen LogP contribution in [0.1, 0.15) is 102 Å². The summed E-state index contributed by atoms with van der Waals surface area (Å²) in [4.78, 5) is 37.0. The summed E-state index contributed by atoms with van der Waals surface area (Å²) >= 11 is 0. The largest absolute Gasteiger partial charge is 0.478 e. The summed E-state index contributed by atoms with van der Waals surface area (Å²) in [5, 5.41) is 9.34. The number of carbonyl (C=O) groups is 3. The van der Waals surface area contributed by atoms with E-state index in [-0.39, 0.29) is 17.2 Å². The fraction of sp³-hybridized carbons (Fsp3) is 0.400. The highest BCUT2D eigenvalue weighted by Gasteiger charge is 2.28. The maximum absolute atomic E-state index is 12.8. The van der Waals surface area contributed by atoms with Gasteiger partial charge in [0.1, 0.15) is 17.1 Å². The van der Waals surface area contributed by atoms with Crippen LogP contribution in [0, 0.1) is 5.92 Å². The molecule has 1 N–H and O–H groups in total. The van der Waals surface area contributed by atoms with Gasteiger partial charge in [-0.1, -0.05) is 82.2 Å². The lowest BCUT2D eigenvalue weighted by atomic mass is 9.84. The van der Waals surface area contributed by atoms with E-state index < -0.39 is 17.9 Å². The van der Waals surface area contributed by atoms with E-state index in [0.29, 0.717) is 30.6 Å². The van der Waals surface area contributed by atoms with Crippen LogP contribution in [0.25, 0.3) is 0 Å². The summed E-state index contributed by atoms with van der Waals surface area (Å²) < 4.78 is 11.1. The molecule has 4 rings (SSSR count). The van der Waals surface area contributed by atoms with Gasteiger partial charge in [-0.25, -0.2) is 9.59 Å². The molecule has 0 radical (unpaired) electrons. The Balaban J connectivity index is 1.25. The Hall–Kier alpha value is -3.93. The average molecular weight is 557 g/mol. The minimum atomic E-state index is -1.14. The molecule has 216 valence electrons. The second-order valence-electron chi connectivity index (χ2n) is 10.9. The molecule has 0 saturated carbocycles. The van der Waals surface area contributed by atoms with E-state index in [0.717, 1.165) is 17.5 Å². The molecule has 0 bridgehead atoms. The van der Waals surface area contributed by atoms with Crippen LogP contribution in [0.4, 0.5) is 0 Å². The molecule has 1 unspecified atom stereocenters. The van der Waals surface area contributed by atoms with Crippen molar-refractivity contribution in [2.45, 2.75) is 84.0 Å². The first-order valence-electron chi connectivity index (χ1n) is 14.9. The Kier molecular flexibility index (Phi) is 11.1. The van der Waals surface area contributed by atoms with E-state index in [1.54, 1.807) is 18.2 Å². The normalized spacial score (nSPS) is 14.2. The van der Waals surface area contributed by atoms with Crippen LogP contribution in [0.5, 0.6) is 11.5 Å². The molecular formula is C35H40O6. The Labute approximate surface area is 242 Å². The molecule has 41 heavy (non-hydrogen) atoms. The second kappa shape index (κ2) is 15.2. The van der Waals surface area contributed by atoms with Crippen molar-refractivity contribution >= 4 is 17.9 Å². The van der Waals surface area contributed by atoms with Crippen LogP contribution in [0.3, 0.4) is 0 Å². The van der Waals surface area contributed by atoms with Gasteiger partial charge in [-0.3, -0.25) is 4.79 Å². The van der Waals surface area contributed by atoms with Gasteiger partial charge in [0.25, 0.3) is 0 Å². The van der Waals surface area contributed by atoms with E-state index in [2.05, 4.69) is 6.92 Å². The monoisotopic (exact) mass is 556 g/mol. The highest BCUT2D eigenvalue weighted by Crippen LogP contribution is 2.31. The van der Waals surface area contributed by atoms with Gasteiger partial charge in [0, 0.05) is 0 Å². The number of fused-ring (bicyclic) bond motifs is 1. The number of carboxylic acid groups (broad SMARTS) is 1. The third-order valence-corrected chi connectivity index (χ3v) is 7.79. The van der Waals surface area contributed by atoms with Crippen LogP contribution >= 0.6 is 0 Å². The van der Waals surface area contributed by atoms with Gasteiger partial charge >= 0.3 is 17.9 Å². The summed E-state index contributed by atoms with van der Waals surface area (Å²) in [6, 6.07) is 19.3. The summed E-state index contributed by atoms with van der Waals surface area (Å²) in [6.45, 7) is 2.24. The zero-order valence-corrected chi connectivity index (χ0v) is 23.9. The van der Waals surface area contributed by atoms with E-state index in [9.17, 15) is 19.5 Å². The molecule has 6 heteroatoms. The predicted octanol–water partition coefficient (Wildman–Crippen LogP) is 8.00. The summed E-state index contributed by atoms with van der Waals surface area (Å²) in [5.74, 6) is -1.81. The summed E-state index contributed by atoms with van der Waals surface area (Å²) in [5.41, 5.74) is 3.75. The maximum Gasteiger partial charge on any atom is 0.343 e. The van der Waals surface area contributed by atoms with Gasteiger partial charge < -0.3 is 14.6 Å². The number of aryl methyl sites for hydroxylation is 2. The first-order chi connectivity index (χ1) is 19.9. The molecule has 0 amide bonds. The number of hydrogen-bond donors (Lipinski definition) is 1. The number of para-hydroxylation sites is 1. The van der Waals surface area contributed by atoms with Crippen molar-refractivity contribution in [2.75, 3.05) is 0 Å². The topological polar surface area (TPSA) is 89.9 Å². The van der Waals surface area contributed by atoms with Crippen molar-refractivity contribution in [1.29, 1.82) is 0 Å². The van der Waals surface area contributed by atoms with Crippen LogP contribution in [0.2, 0.25) is 0 Å². The van der Waals surface area contributed by atoms with E-state index in [1.807, 2.05) is 36.4 Å². The Morgan fingerprint density at radius 1 is 0.805 bits per heavy atom. The molecule has 0 spiro atoms. The number of esters is 2. The lowest BCUT2D eigenvalue weighted by Crippen LogP contribution is -2.27. The summed E-state index contributed by atoms with van der Waals surface area (Å²) in [7, 11) is 0. The van der Waals surface area contributed by atoms with Gasteiger partial charge in [0.05, 0.1) is 11.5 Å². The molecule has 6 nitrogen and oxygen atoms in total. The Morgan fingerprint density at radius 2 is 1.51 bits per heavy atom. The standard InChI is InChI=1S/C35H40O6/c1-2-3-4-5-6-7-8-9-12-25-15-17-26(18-16-25)34(38)40-30-22-21-27-23-29(20-19-28(27)24-30)35(39)41-32-14-11-10-13-31(32)33(36)37/h10-11,13-18,21-22,24,29H,2-9,12,19-20,23H2,1H3,(H,36,37). The maximum atomic E-state index is 12.8. The molecule has 3 aromatic carbocycles. The average Bonchev–Trinajstić information content (AvgIpc) is 2.98. The molecule has 1 atom stereocenters. The third-order valence-electron chi connectivity index (χ3n) is 7.79. The van der Waals surface area contributed by atoms with Crippen LogP contribution in [0.15, 0.2) is 66.7 Å². The molecule has 0 saturated heterocycles. The van der Waals surface area contributed by atoms with Crippen LogP contribution in [-0.4, -0.2) is 23.0 Å². The Morgan fingerprint density at radius 3 is 2.24 bits per heavy atom. The third kappa shape index (κ3) is 8.78. The lowest BCUT2D eigenvalue weighted by molar-refractivity contribution is -0.139. The van der Waals surface area contributed by atoms with Crippen LogP contribution < -0.4 is 9.47 Å². The predicted molar refractivity (Wildman–Crippen MR) is 159 cm³/mol. The molecule has 0 aliphatic heterocycles. The fourth-order valence-corrected chi connectivity index (χ4v) is 5.36. The number of aromatic carboxylic acids is 1. The first-order valence-corrected chi connectivity index (χ1v) is 14.9. The zero-order chi connectivity index (χ0) is 29.0. The molecule has 0 fully saturated rings. The molecule has 0 aromatic heterocycles. The SMILES string of the molecule is CCCCCCCCCCc1ccc(C(=O)Oc2ccc3c(c2)CCC(C(=O)Oc2ccccc2C(=O)O)C3)cc1. The number of unbranched alkanes of at least 4 members (excludes halogenated alkanes) is 7. The number of carboxylic acids is 1. The van der Waals surface area contributed by atoms with Crippen molar-refractivity contribution in [1.82, 2.24) is 0 Å². The molecular weight excluding hydrogens is 516 g/mol. The number of ether oxygens (including phenoxy) is 2. The van der Waals surface area contributed by atoms with Gasteiger partial charge in [-0.2, -0.15) is 0 Å². The highest BCUT2D eigenvalue weighted by molar-refractivity contribution is 5.92. The molecule has 1 aliphatic rings. The van der Waals surface area contributed by atoms with Crippen molar-refractivity contribution in [3.8, 4) is 11.5 Å². The van der Waals surface area contributed by atoms with E-state index in [4.69, 9.17) is 9.47 Å². The Bertz CT molecular complexity index is 1330. The van der Waals surface area contributed by atoms with E-state index in [1.165, 1.54) is 69.1 Å². The van der Waals surface area contributed by atoms with Crippen molar-refractivity contribution < 1.29 is 29.0 Å². The lowest BCUT2D eigenvalue weighted by Gasteiger charge is -2.24. The van der Waals surface area contributed by atoms with Gasteiger partial charge in [-0.15, -0.1) is 0 Å². The molecule has 3 aromatic rings. The minimum absolute atomic E-state index is 0.0401. The van der Waals surface area contributed by atoms with Crippen molar-refractivity contribution in [3.63, 3.8) is 0 Å². The quantitative estimate of drug-likeness (QED) is 0.123. The van der Waals surface area contributed by atoms with Crippen LogP contribution in [-0.2, 0) is 24.1 Å². The smallest absolute Gasteiger partial charge is 0.343 e.